The molecule has 0 spiro atoms. The zero-order valence-electron chi connectivity index (χ0n) is 10.2. The van der Waals surface area contributed by atoms with E-state index in [0.29, 0.717) is 13.2 Å². The van der Waals surface area contributed by atoms with Gasteiger partial charge in [-0.25, -0.2) is 0 Å². The molecule has 1 aliphatic rings. The lowest BCUT2D eigenvalue weighted by Crippen LogP contribution is -2.60. The van der Waals surface area contributed by atoms with Gasteiger partial charge in [0.1, 0.15) is 6.04 Å². The van der Waals surface area contributed by atoms with Gasteiger partial charge in [-0.15, -0.1) is 0 Å². The Kier molecular flexibility index (Phi) is 4.73. The fourth-order valence-electron chi connectivity index (χ4n) is 1.74. The minimum atomic E-state index is -0.372. The number of rotatable bonds is 5. The van der Waals surface area contributed by atoms with E-state index in [2.05, 4.69) is 5.32 Å². The lowest BCUT2D eigenvalue weighted by molar-refractivity contribution is -0.146. The molecule has 1 aliphatic heterocycles. The van der Waals surface area contributed by atoms with E-state index in [0.717, 1.165) is 6.42 Å². The average molecular weight is 228 g/mol. The molecule has 5 heteroatoms. The molecule has 0 aromatic carbocycles. The van der Waals surface area contributed by atoms with Crippen LogP contribution in [0.5, 0.6) is 0 Å². The van der Waals surface area contributed by atoms with Crippen molar-refractivity contribution in [1.29, 1.82) is 0 Å². The summed E-state index contributed by atoms with van der Waals surface area (Å²) >= 11 is 0. The van der Waals surface area contributed by atoms with Gasteiger partial charge in [0.05, 0.1) is 13.2 Å². The van der Waals surface area contributed by atoms with E-state index in [4.69, 9.17) is 4.74 Å². The van der Waals surface area contributed by atoms with Crippen molar-refractivity contribution in [3.63, 3.8) is 0 Å². The maximum absolute atomic E-state index is 12.0. The fraction of sp³-hybridized carbons (Fsp3) is 0.818. The van der Waals surface area contributed by atoms with Crippen LogP contribution in [0.3, 0.4) is 0 Å². The van der Waals surface area contributed by atoms with Gasteiger partial charge in [-0.2, -0.15) is 0 Å². The number of methoxy groups -OCH3 is 1. The van der Waals surface area contributed by atoms with Crippen molar-refractivity contribution >= 4 is 11.8 Å². The van der Waals surface area contributed by atoms with Crippen molar-refractivity contribution < 1.29 is 14.3 Å². The standard InChI is InChI=1S/C11H20N2O3/c1-4-8(2)10-11(15)13(5-6-16-3)7-9(14)12-10/h8,10H,4-7H2,1-3H3,(H,12,14). The second-order valence-corrected chi connectivity index (χ2v) is 4.18. The first-order valence-corrected chi connectivity index (χ1v) is 5.67. The van der Waals surface area contributed by atoms with Crippen molar-refractivity contribution in [2.24, 2.45) is 5.92 Å². The molecule has 0 aliphatic carbocycles. The Morgan fingerprint density at radius 3 is 2.81 bits per heavy atom. The van der Waals surface area contributed by atoms with Crippen molar-refractivity contribution in [3.8, 4) is 0 Å². The smallest absolute Gasteiger partial charge is 0.245 e. The minimum absolute atomic E-state index is 0.00556. The van der Waals surface area contributed by atoms with Crippen LogP contribution in [0.4, 0.5) is 0 Å². The highest BCUT2D eigenvalue weighted by Crippen LogP contribution is 2.13. The van der Waals surface area contributed by atoms with Crippen LogP contribution >= 0.6 is 0 Å². The van der Waals surface area contributed by atoms with Crippen LogP contribution in [0.1, 0.15) is 20.3 Å². The van der Waals surface area contributed by atoms with Crippen molar-refractivity contribution in [1.82, 2.24) is 10.2 Å². The molecule has 1 fully saturated rings. The summed E-state index contributed by atoms with van der Waals surface area (Å²) in [5, 5.41) is 2.75. The highest BCUT2D eigenvalue weighted by atomic mass is 16.5. The molecule has 92 valence electrons. The second kappa shape index (κ2) is 5.84. The zero-order valence-corrected chi connectivity index (χ0v) is 10.2. The van der Waals surface area contributed by atoms with Crippen molar-refractivity contribution in [3.05, 3.63) is 0 Å². The number of carbonyl (C=O) groups excluding carboxylic acids is 2. The molecule has 0 bridgehead atoms. The number of hydrogen-bond acceptors (Lipinski definition) is 3. The van der Waals surface area contributed by atoms with Crippen LogP contribution in [0.15, 0.2) is 0 Å². The van der Waals surface area contributed by atoms with Crippen LogP contribution in [-0.2, 0) is 14.3 Å². The summed E-state index contributed by atoms with van der Waals surface area (Å²) in [7, 11) is 1.58. The van der Waals surface area contributed by atoms with E-state index in [-0.39, 0.29) is 30.3 Å². The van der Waals surface area contributed by atoms with Crippen LogP contribution < -0.4 is 5.32 Å². The van der Waals surface area contributed by atoms with E-state index in [1.807, 2.05) is 13.8 Å². The van der Waals surface area contributed by atoms with Gasteiger partial charge in [-0.1, -0.05) is 20.3 Å². The Labute approximate surface area is 96.1 Å². The number of nitrogens with zero attached hydrogens (tertiary/aromatic N) is 1. The summed E-state index contributed by atoms with van der Waals surface area (Å²) in [6.07, 6.45) is 0.870. The van der Waals surface area contributed by atoms with Gasteiger partial charge in [0.25, 0.3) is 0 Å². The molecule has 2 amide bonds. The quantitative estimate of drug-likeness (QED) is 0.721. The lowest BCUT2D eigenvalue weighted by Gasteiger charge is -2.34. The van der Waals surface area contributed by atoms with Crippen LogP contribution in [-0.4, -0.2) is 49.6 Å². The summed E-state index contributed by atoms with van der Waals surface area (Å²) in [6, 6.07) is -0.372. The van der Waals surface area contributed by atoms with Gasteiger partial charge in [0.15, 0.2) is 0 Å². The van der Waals surface area contributed by atoms with E-state index >= 15 is 0 Å². The number of carbonyl (C=O) groups is 2. The van der Waals surface area contributed by atoms with Gasteiger partial charge in [-0.3, -0.25) is 9.59 Å². The molecule has 1 heterocycles. The van der Waals surface area contributed by atoms with Gasteiger partial charge in [0.2, 0.25) is 11.8 Å². The monoisotopic (exact) mass is 228 g/mol. The Bertz CT molecular complexity index is 268. The third-order valence-corrected chi connectivity index (χ3v) is 3.01. The molecule has 1 rings (SSSR count). The topological polar surface area (TPSA) is 58.6 Å². The van der Waals surface area contributed by atoms with Crippen LogP contribution in [0, 0.1) is 5.92 Å². The largest absolute Gasteiger partial charge is 0.383 e. The van der Waals surface area contributed by atoms with Gasteiger partial charge >= 0.3 is 0 Å². The maximum Gasteiger partial charge on any atom is 0.245 e. The van der Waals surface area contributed by atoms with Crippen LogP contribution in [0.2, 0.25) is 0 Å². The van der Waals surface area contributed by atoms with Crippen LogP contribution in [0.25, 0.3) is 0 Å². The number of hydrogen-bond donors (Lipinski definition) is 1. The number of amides is 2. The molecule has 2 unspecified atom stereocenters. The average Bonchev–Trinajstić information content (AvgIpc) is 2.28. The molecule has 0 saturated carbocycles. The lowest BCUT2D eigenvalue weighted by atomic mass is 9.96. The molecule has 0 radical (unpaired) electrons. The minimum Gasteiger partial charge on any atom is -0.383 e. The number of piperazine rings is 1. The Morgan fingerprint density at radius 1 is 1.56 bits per heavy atom. The highest BCUT2D eigenvalue weighted by molar-refractivity contribution is 5.95. The van der Waals surface area contributed by atoms with E-state index < -0.39 is 0 Å². The molecule has 16 heavy (non-hydrogen) atoms. The van der Waals surface area contributed by atoms with Gasteiger partial charge in [0, 0.05) is 13.7 Å². The third-order valence-electron chi connectivity index (χ3n) is 3.01. The Morgan fingerprint density at radius 2 is 2.25 bits per heavy atom. The molecule has 1 saturated heterocycles. The maximum atomic E-state index is 12.0. The van der Waals surface area contributed by atoms with Crippen molar-refractivity contribution in [2.75, 3.05) is 26.8 Å². The molecular formula is C11H20N2O3. The summed E-state index contributed by atoms with van der Waals surface area (Å²) in [5.41, 5.74) is 0. The first-order valence-electron chi connectivity index (χ1n) is 5.67. The Balaban J connectivity index is 2.66. The molecular weight excluding hydrogens is 208 g/mol. The summed E-state index contributed by atoms with van der Waals surface area (Å²) in [6.45, 7) is 5.08. The van der Waals surface area contributed by atoms with E-state index in [1.54, 1.807) is 12.0 Å². The fourth-order valence-corrected chi connectivity index (χ4v) is 1.74. The predicted octanol–water partition coefficient (Wildman–Crippen LogP) is 0.00590. The SMILES string of the molecule is CCC(C)C1NC(=O)CN(CCOC)C1=O. The van der Waals surface area contributed by atoms with Gasteiger partial charge in [-0.05, 0) is 5.92 Å². The van der Waals surface area contributed by atoms with Gasteiger partial charge < -0.3 is 15.0 Å². The Hall–Kier alpha value is -1.10. The van der Waals surface area contributed by atoms with E-state index in [1.165, 1.54) is 0 Å². The zero-order chi connectivity index (χ0) is 12.1. The highest BCUT2D eigenvalue weighted by Gasteiger charge is 2.34. The second-order valence-electron chi connectivity index (χ2n) is 4.18. The van der Waals surface area contributed by atoms with Crippen molar-refractivity contribution in [2.45, 2.75) is 26.3 Å². The summed E-state index contributed by atoms with van der Waals surface area (Å²) in [4.78, 5) is 25.1. The number of nitrogens with one attached hydrogen (secondary N) is 1. The summed E-state index contributed by atoms with van der Waals surface area (Å²) < 4.78 is 4.92. The predicted molar refractivity (Wildman–Crippen MR) is 59.8 cm³/mol. The number of ether oxygens (including phenoxy) is 1. The molecule has 0 aromatic rings. The molecule has 1 N–H and O–H groups in total. The molecule has 2 atom stereocenters. The summed E-state index contributed by atoms with van der Waals surface area (Å²) in [5.74, 6) is 0.0915. The first kappa shape index (κ1) is 13.0. The normalized spacial score (nSPS) is 23.2. The molecule has 5 nitrogen and oxygen atoms in total. The van der Waals surface area contributed by atoms with E-state index in [9.17, 15) is 9.59 Å². The molecule has 0 aromatic heterocycles. The first-order chi connectivity index (χ1) is 7.60. The third kappa shape index (κ3) is 2.95.